The van der Waals surface area contributed by atoms with Crippen molar-refractivity contribution in [2.75, 3.05) is 14.2 Å². The molecule has 0 saturated carbocycles. The maximum atomic E-state index is 14.4. The Kier molecular flexibility index (Phi) is 14.6. The maximum absolute atomic E-state index is 14.4. The van der Waals surface area contributed by atoms with Crippen LogP contribution in [0.5, 0.6) is 5.75 Å². The highest BCUT2D eigenvalue weighted by atomic mass is 79.9. The molecule has 52 heavy (non-hydrogen) atoms. The third-order valence-electron chi connectivity index (χ3n) is 9.58. The number of carbonyl (C=O) groups is 4. The van der Waals surface area contributed by atoms with E-state index in [-0.39, 0.29) is 12.8 Å². The van der Waals surface area contributed by atoms with Crippen LogP contribution in [-0.4, -0.2) is 73.9 Å². The molecule has 0 saturated heterocycles. The molecule has 0 bridgehead atoms. The SMILES string of the molecule is COC(=O)CC(NC(=O)C(Cc1c(Br)[nH]c2ccccc12)N(C)C(=O)C(C)NC(=O)OC(C)(C)C)c1ccc(O[Si](C(C)C)(C(C)C)C(C)C)cc1. The number of ether oxygens (including phenoxy) is 2. The van der Waals surface area contributed by atoms with E-state index in [0.717, 1.165) is 22.2 Å². The van der Waals surface area contributed by atoms with Gasteiger partial charge in [-0.15, -0.1) is 0 Å². The van der Waals surface area contributed by atoms with Crippen LogP contribution in [0.25, 0.3) is 10.9 Å². The molecule has 13 heteroatoms. The first-order chi connectivity index (χ1) is 24.2. The second-order valence-corrected chi connectivity index (χ2v) is 21.5. The monoisotopic (exact) mass is 800 g/mol. The summed E-state index contributed by atoms with van der Waals surface area (Å²) in [6, 6.07) is 12.4. The van der Waals surface area contributed by atoms with Crippen molar-refractivity contribution in [3.05, 3.63) is 64.3 Å². The molecule has 0 aliphatic carbocycles. The fraction of sp³-hybridized carbons (Fsp3) is 0.538. The Morgan fingerprint density at radius 3 is 2.00 bits per heavy atom. The molecule has 3 aromatic rings. The molecule has 0 aliphatic rings. The molecule has 11 nitrogen and oxygen atoms in total. The number of likely N-dealkylation sites (N-methyl/N-ethyl adjacent to an activating group) is 1. The molecular formula is C39H57BrN4O7Si. The van der Waals surface area contributed by atoms with Gasteiger partial charge in [-0.05, 0) is 89.6 Å². The predicted octanol–water partition coefficient (Wildman–Crippen LogP) is 8.19. The van der Waals surface area contributed by atoms with Crippen LogP contribution in [0.1, 0.15) is 92.8 Å². The van der Waals surface area contributed by atoms with Crippen LogP contribution in [0.3, 0.4) is 0 Å². The van der Waals surface area contributed by atoms with E-state index in [1.54, 1.807) is 27.7 Å². The van der Waals surface area contributed by atoms with E-state index >= 15 is 0 Å². The van der Waals surface area contributed by atoms with Crippen LogP contribution in [0.15, 0.2) is 53.1 Å². The smallest absolute Gasteiger partial charge is 0.408 e. The highest BCUT2D eigenvalue weighted by molar-refractivity contribution is 9.10. The minimum Gasteiger partial charge on any atom is -0.543 e. The Morgan fingerprint density at radius 1 is 0.885 bits per heavy atom. The average molecular weight is 802 g/mol. The summed E-state index contributed by atoms with van der Waals surface area (Å²) in [4.78, 5) is 58.1. The number of esters is 1. The lowest BCUT2D eigenvalue weighted by atomic mass is 10.00. The number of aromatic amines is 1. The quantitative estimate of drug-likeness (QED) is 0.104. The van der Waals surface area contributed by atoms with Crippen LogP contribution in [0, 0.1) is 0 Å². The van der Waals surface area contributed by atoms with Gasteiger partial charge < -0.3 is 34.4 Å². The van der Waals surface area contributed by atoms with E-state index in [0.29, 0.717) is 26.8 Å². The number of amides is 3. The number of hydrogen-bond acceptors (Lipinski definition) is 7. The van der Waals surface area contributed by atoms with E-state index < -0.39 is 55.9 Å². The summed E-state index contributed by atoms with van der Waals surface area (Å²) in [5, 5.41) is 6.51. The zero-order valence-electron chi connectivity index (χ0n) is 32.7. The predicted molar refractivity (Wildman–Crippen MR) is 211 cm³/mol. The van der Waals surface area contributed by atoms with Crippen LogP contribution in [-0.2, 0) is 30.3 Å². The number of carbonyl (C=O) groups excluding carboxylic acids is 4. The number of methoxy groups -OCH3 is 1. The fourth-order valence-corrected chi connectivity index (χ4v) is 12.9. The molecule has 3 amide bonds. The Balaban J connectivity index is 1.99. The molecule has 2 aromatic carbocycles. The number of H-pyrrole nitrogens is 1. The van der Waals surface area contributed by atoms with Crippen molar-refractivity contribution in [2.24, 2.45) is 0 Å². The Bertz CT molecular complexity index is 1680. The van der Waals surface area contributed by atoms with E-state index in [4.69, 9.17) is 13.9 Å². The lowest BCUT2D eigenvalue weighted by Crippen LogP contribution is -2.55. The van der Waals surface area contributed by atoms with Crippen molar-refractivity contribution in [3.8, 4) is 5.75 Å². The third kappa shape index (κ3) is 10.4. The lowest BCUT2D eigenvalue weighted by Gasteiger charge is -2.42. The van der Waals surface area contributed by atoms with Gasteiger partial charge in [0.25, 0.3) is 8.32 Å². The molecule has 0 fully saturated rings. The summed E-state index contributed by atoms with van der Waals surface area (Å²) in [5.41, 5.74) is 2.73. The molecule has 3 atom stereocenters. The van der Waals surface area contributed by atoms with Gasteiger partial charge in [-0.2, -0.15) is 0 Å². The van der Waals surface area contributed by atoms with Crippen molar-refractivity contribution >= 4 is 59.0 Å². The van der Waals surface area contributed by atoms with Crippen molar-refractivity contribution in [2.45, 2.75) is 122 Å². The zero-order valence-corrected chi connectivity index (χ0v) is 35.3. The molecule has 3 N–H and O–H groups in total. The van der Waals surface area contributed by atoms with Gasteiger partial charge in [0.1, 0.15) is 23.4 Å². The minimum absolute atomic E-state index is 0.127. The van der Waals surface area contributed by atoms with Gasteiger partial charge in [-0.1, -0.05) is 71.9 Å². The Labute approximate surface area is 318 Å². The summed E-state index contributed by atoms with van der Waals surface area (Å²) in [7, 11) is 0.608. The van der Waals surface area contributed by atoms with E-state index in [1.165, 1.54) is 19.1 Å². The number of para-hydroxylation sites is 1. The summed E-state index contributed by atoms with van der Waals surface area (Å²) in [6.07, 6.45) is -0.757. The largest absolute Gasteiger partial charge is 0.543 e. The molecule has 286 valence electrons. The highest BCUT2D eigenvalue weighted by Crippen LogP contribution is 2.43. The van der Waals surface area contributed by atoms with Crippen LogP contribution in [0.2, 0.25) is 16.6 Å². The molecule has 0 aliphatic heterocycles. The number of nitrogens with zero attached hydrogens (tertiary/aromatic N) is 1. The van der Waals surface area contributed by atoms with E-state index in [2.05, 4.69) is 73.1 Å². The van der Waals surface area contributed by atoms with Gasteiger partial charge in [-0.25, -0.2) is 4.79 Å². The van der Waals surface area contributed by atoms with Crippen molar-refractivity contribution in [1.29, 1.82) is 0 Å². The van der Waals surface area contributed by atoms with Crippen LogP contribution >= 0.6 is 15.9 Å². The molecule has 3 rings (SSSR count). The number of benzene rings is 2. The number of fused-ring (bicyclic) bond motifs is 1. The summed E-state index contributed by atoms with van der Waals surface area (Å²) >= 11 is 3.61. The lowest BCUT2D eigenvalue weighted by molar-refractivity contribution is -0.143. The first-order valence-corrected chi connectivity index (χ1v) is 20.8. The summed E-state index contributed by atoms with van der Waals surface area (Å²) in [6.45, 7) is 20.1. The number of rotatable bonds is 15. The van der Waals surface area contributed by atoms with Gasteiger partial charge in [0.2, 0.25) is 11.8 Å². The molecule has 3 unspecified atom stereocenters. The van der Waals surface area contributed by atoms with Crippen LogP contribution in [0.4, 0.5) is 4.79 Å². The molecule has 0 spiro atoms. The number of aromatic nitrogens is 1. The fourth-order valence-electron chi connectivity index (χ4n) is 7.07. The summed E-state index contributed by atoms with van der Waals surface area (Å²) in [5.74, 6) is -0.751. The normalized spacial score (nSPS) is 13.8. The van der Waals surface area contributed by atoms with Gasteiger partial charge >= 0.3 is 12.1 Å². The molecule has 1 aromatic heterocycles. The second-order valence-electron chi connectivity index (χ2n) is 15.3. The summed E-state index contributed by atoms with van der Waals surface area (Å²) < 4.78 is 17.9. The van der Waals surface area contributed by atoms with E-state index in [1.807, 2.05) is 48.5 Å². The Hall–Kier alpha value is -3.84. The maximum Gasteiger partial charge on any atom is 0.408 e. The minimum atomic E-state index is -2.22. The first-order valence-electron chi connectivity index (χ1n) is 17.9. The van der Waals surface area contributed by atoms with Gasteiger partial charge in [0.05, 0.1) is 24.2 Å². The molecule has 1 heterocycles. The second kappa shape index (κ2) is 17.8. The third-order valence-corrected chi connectivity index (χ3v) is 16.3. The van der Waals surface area contributed by atoms with E-state index in [9.17, 15) is 19.2 Å². The van der Waals surface area contributed by atoms with Gasteiger partial charge in [-0.3, -0.25) is 14.4 Å². The molecular weight excluding hydrogens is 744 g/mol. The van der Waals surface area contributed by atoms with Crippen molar-refractivity contribution < 1.29 is 33.1 Å². The van der Waals surface area contributed by atoms with Crippen LogP contribution < -0.4 is 15.1 Å². The number of alkyl carbamates (subject to hydrolysis) is 1. The number of nitrogens with one attached hydrogen (secondary N) is 3. The average Bonchev–Trinajstić information content (AvgIpc) is 3.37. The van der Waals surface area contributed by atoms with Gasteiger partial charge in [0, 0.05) is 24.4 Å². The van der Waals surface area contributed by atoms with Crippen molar-refractivity contribution in [3.63, 3.8) is 0 Å². The number of hydrogen-bond donors (Lipinski definition) is 3. The molecule has 0 radical (unpaired) electrons. The standard InChI is InChI=1S/C39H57BrN4O7Si/c1-23(2)52(24(3)4,25(5)6)51-28-19-17-27(18-20-28)32(22-34(45)49-12)43-36(46)33(21-30-29-15-13-14-16-31(29)42-35(30)40)44(11)37(47)26(7)41-38(48)50-39(8,9)10/h13-20,23-26,32-33,42H,21-22H2,1-12H3,(H,41,48)(H,43,46). The topological polar surface area (TPSA) is 139 Å². The zero-order chi connectivity index (χ0) is 39.1. The van der Waals surface area contributed by atoms with Gasteiger partial charge in [0.15, 0.2) is 0 Å². The highest BCUT2D eigenvalue weighted by Gasteiger charge is 2.47. The number of halogens is 1. The first kappa shape index (κ1) is 42.6. The van der Waals surface area contributed by atoms with Crippen molar-refractivity contribution in [1.82, 2.24) is 20.5 Å². The Morgan fingerprint density at radius 2 is 1.46 bits per heavy atom.